The van der Waals surface area contributed by atoms with Crippen LogP contribution >= 0.6 is 0 Å². The van der Waals surface area contributed by atoms with Crippen molar-refractivity contribution in [1.82, 2.24) is 0 Å². The summed E-state index contributed by atoms with van der Waals surface area (Å²) in [6, 6.07) is 57.5. The van der Waals surface area contributed by atoms with Crippen molar-refractivity contribution in [3.8, 4) is 33.4 Å². The Bertz CT molecular complexity index is 2000. The minimum atomic E-state index is -0.135. The minimum absolute atomic E-state index is 0.135. The number of hydrogen-bond acceptors (Lipinski definition) is 0. The van der Waals surface area contributed by atoms with Crippen molar-refractivity contribution in [2.24, 2.45) is 0 Å². The third-order valence-corrected chi connectivity index (χ3v) is 8.55. The lowest BCUT2D eigenvalue weighted by atomic mass is 9.76. The van der Waals surface area contributed by atoms with Crippen LogP contribution in [0.25, 0.3) is 54.9 Å². The predicted octanol–water partition coefficient (Wildman–Crippen LogP) is 11.3. The molecule has 7 aromatic rings. The maximum absolute atomic E-state index is 2.36. The van der Waals surface area contributed by atoms with E-state index in [1.54, 1.807) is 0 Å². The first-order valence-electron chi connectivity index (χ1n) is 14.4. The second-order valence-corrected chi connectivity index (χ2v) is 11.5. The molecule has 0 aromatic heterocycles. The maximum Gasteiger partial charge on any atom is 0.0147 e. The van der Waals surface area contributed by atoms with E-state index in [0.29, 0.717) is 0 Å². The summed E-state index contributed by atoms with van der Waals surface area (Å²) in [5, 5.41) is 5.12. The molecule has 0 aliphatic carbocycles. The number of hydrogen-bond donors (Lipinski definition) is 0. The normalized spacial score (nSPS) is 11.7. The zero-order valence-corrected chi connectivity index (χ0v) is 23.5. The Morgan fingerprint density at radius 1 is 0.317 bits per heavy atom. The van der Waals surface area contributed by atoms with Gasteiger partial charge < -0.3 is 0 Å². The van der Waals surface area contributed by atoms with Gasteiger partial charge in [-0.3, -0.25) is 0 Å². The molecule has 7 rings (SSSR count). The lowest BCUT2D eigenvalue weighted by Gasteiger charge is -2.27. The van der Waals surface area contributed by atoms with Crippen LogP contribution in [0.3, 0.4) is 0 Å². The van der Waals surface area contributed by atoms with E-state index >= 15 is 0 Å². The van der Waals surface area contributed by atoms with Gasteiger partial charge in [-0.15, -0.1) is 0 Å². The molecule has 0 unspecified atom stereocenters. The number of fused-ring (bicyclic) bond motifs is 3. The average Bonchev–Trinajstić information content (AvgIpc) is 3.05. The topological polar surface area (TPSA) is 0 Å². The van der Waals surface area contributed by atoms with E-state index in [-0.39, 0.29) is 5.41 Å². The Morgan fingerprint density at radius 2 is 0.707 bits per heavy atom. The maximum atomic E-state index is 2.36. The highest BCUT2D eigenvalue weighted by Crippen LogP contribution is 2.37. The summed E-state index contributed by atoms with van der Waals surface area (Å²) in [6.07, 6.45) is 0. The Balaban J connectivity index is 1.24. The van der Waals surface area contributed by atoms with Gasteiger partial charge in [-0.2, -0.15) is 0 Å². The quantitative estimate of drug-likeness (QED) is 0.196. The molecule has 0 atom stereocenters. The van der Waals surface area contributed by atoms with Crippen molar-refractivity contribution in [2.75, 3.05) is 0 Å². The first kappa shape index (κ1) is 25.1. The summed E-state index contributed by atoms with van der Waals surface area (Å²) in [5.41, 5.74) is 9.99. The number of benzene rings is 7. The second-order valence-electron chi connectivity index (χ2n) is 11.5. The van der Waals surface area contributed by atoms with Crippen LogP contribution in [0.1, 0.15) is 25.0 Å². The lowest BCUT2D eigenvalue weighted by molar-refractivity contribution is 0.641. The zero-order chi connectivity index (χ0) is 27.8. The lowest BCUT2D eigenvalue weighted by Crippen LogP contribution is -2.19. The van der Waals surface area contributed by atoms with Gasteiger partial charge in [0.05, 0.1) is 0 Å². The van der Waals surface area contributed by atoms with Gasteiger partial charge in [-0.05, 0) is 78.2 Å². The molecule has 0 nitrogen and oxygen atoms in total. The fourth-order valence-electron chi connectivity index (χ4n) is 6.03. The van der Waals surface area contributed by atoms with Gasteiger partial charge in [-0.25, -0.2) is 0 Å². The molecule has 0 amide bonds. The van der Waals surface area contributed by atoms with E-state index in [0.717, 1.165) is 0 Å². The first-order valence-corrected chi connectivity index (χ1v) is 14.4. The highest BCUT2D eigenvalue weighted by molar-refractivity contribution is 6.09. The first-order chi connectivity index (χ1) is 20.1. The van der Waals surface area contributed by atoms with E-state index in [4.69, 9.17) is 0 Å². The van der Waals surface area contributed by atoms with Crippen LogP contribution in [-0.4, -0.2) is 0 Å². The molecule has 7 aromatic carbocycles. The average molecular weight is 525 g/mol. The third-order valence-electron chi connectivity index (χ3n) is 8.55. The summed E-state index contributed by atoms with van der Waals surface area (Å²) in [4.78, 5) is 0. The van der Waals surface area contributed by atoms with Gasteiger partial charge in [0.25, 0.3) is 0 Å². The van der Waals surface area contributed by atoms with Gasteiger partial charge in [0.15, 0.2) is 0 Å². The molecule has 0 fully saturated rings. The van der Waals surface area contributed by atoms with Crippen molar-refractivity contribution < 1.29 is 0 Å². The Labute approximate surface area is 242 Å². The third kappa shape index (κ3) is 4.72. The van der Waals surface area contributed by atoms with Gasteiger partial charge in [0.2, 0.25) is 0 Å². The van der Waals surface area contributed by atoms with Crippen LogP contribution in [0.5, 0.6) is 0 Å². The van der Waals surface area contributed by atoms with E-state index in [1.165, 1.54) is 66.1 Å². The number of rotatable bonds is 5. The molecule has 0 heterocycles. The summed E-state index contributed by atoms with van der Waals surface area (Å²) in [5.74, 6) is 0. The second kappa shape index (κ2) is 10.2. The smallest absolute Gasteiger partial charge is 0.0147 e. The standard InChI is InChI=1S/C41H32/c1-41(2,37-17-9-15-31(27-37)29-11-5-3-6-12-29)38-18-10-16-32(28-38)34-22-24-40-36(26-34)20-19-35-25-33(21-23-39(35)40)30-13-7-4-8-14-30/h3-28H,1-2H3. The van der Waals surface area contributed by atoms with Gasteiger partial charge >= 0.3 is 0 Å². The highest BCUT2D eigenvalue weighted by Gasteiger charge is 2.24. The van der Waals surface area contributed by atoms with Crippen molar-refractivity contribution in [2.45, 2.75) is 19.3 Å². The van der Waals surface area contributed by atoms with E-state index < -0.39 is 0 Å². The van der Waals surface area contributed by atoms with Crippen LogP contribution < -0.4 is 0 Å². The summed E-state index contributed by atoms with van der Waals surface area (Å²) < 4.78 is 0. The minimum Gasteiger partial charge on any atom is -0.0622 e. The van der Waals surface area contributed by atoms with Crippen LogP contribution in [-0.2, 0) is 5.41 Å². The molecule has 0 saturated heterocycles. The van der Waals surface area contributed by atoms with Crippen molar-refractivity contribution >= 4 is 21.5 Å². The van der Waals surface area contributed by atoms with Crippen molar-refractivity contribution in [3.63, 3.8) is 0 Å². The van der Waals surface area contributed by atoms with E-state index in [2.05, 4.69) is 172 Å². The van der Waals surface area contributed by atoms with Crippen LogP contribution in [0.15, 0.2) is 158 Å². The SMILES string of the molecule is CC(C)(c1cccc(-c2ccccc2)c1)c1cccc(-c2ccc3c(ccc4cc(-c5ccccc5)ccc43)c2)c1. The molecule has 0 spiro atoms. The molecule has 0 saturated carbocycles. The highest BCUT2D eigenvalue weighted by atomic mass is 14.3. The molecule has 41 heavy (non-hydrogen) atoms. The van der Waals surface area contributed by atoms with Crippen LogP contribution in [0.4, 0.5) is 0 Å². The van der Waals surface area contributed by atoms with E-state index in [9.17, 15) is 0 Å². The van der Waals surface area contributed by atoms with E-state index in [1.807, 2.05) is 0 Å². The zero-order valence-electron chi connectivity index (χ0n) is 23.5. The molecule has 0 bridgehead atoms. The molecule has 196 valence electrons. The van der Waals surface area contributed by atoms with Gasteiger partial charge in [0, 0.05) is 5.41 Å². The Morgan fingerprint density at radius 3 is 1.20 bits per heavy atom. The van der Waals surface area contributed by atoms with Crippen molar-refractivity contribution in [1.29, 1.82) is 0 Å². The van der Waals surface area contributed by atoms with Crippen LogP contribution in [0, 0.1) is 0 Å². The molecule has 0 aliphatic rings. The molecular weight excluding hydrogens is 492 g/mol. The fraction of sp³-hybridized carbons (Fsp3) is 0.0732. The largest absolute Gasteiger partial charge is 0.0622 e. The summed E-state index contributed by atoms with van der Waals surface area (Å²) in [7, 11) is 0. The van der Waals surface area contributed by atoms with Gasteiger partial charge in [-0.1, -0.05) is 159 Å². The summed E-state index contributed by atoms with van der Waals surface area (Å²) >= 11 is 0. The molecule has 0 N–H and O–H groups in total. The monoisotopic (exact) mass is 524 g/mol. The van der Waals surface area contributed by atoms with Crippen molar-refractivity contribution in [3.05, 3.63) is 169 Å². The van der Waals surface area contributed by atoms with Crippen LogP contribution in [0.2, 0.25) is 0 Å². The molecule has 0 radical (unpaired) electrons. The Kier molecular flexibility index (Phi) is 6.25. The fourth-order valence-corrected chi connectivity index (χ4v) is 6.03. The molecule has 0 aliphatic heterocycles. The Hall–Kier alpha value is -4.94. The predicted molar refractivity (Wildman–Crippen MR) is 176 cm³/mol. The molecular formula is C41H32. The summed E-state index contributed by atoms with van der Waals surface area (Å²) in [6.45, 7) is 4.65. The molecule has 0 heteroatoms. The van der Waals surface area contributed by atoms with Gasteiger partial charge in [0.1, 0.15) is 0 Å².